The lowest BCUT2D eigenvalue weighted by Crippen LogP contribution is -2.04. The Balaban J connectivity index is 2.31. The molecule has 2 unspecified atom stereocenters. The van der Waals surface area contributed by atoms with Crippen LogP contribution in [-0.2, 0) is 5.41 Å². The lowest BCUT2D eigenvalue weighted by molar-refractivity contribution is 0.323. The molecule has 1 saturated carbocycles. The number of hydrogen-bond donors (Lipinski definition) is 0. The molecule has 1 heterocycles. The van der Waals surface area contributed by atoms with E-state index in [1.54, 1.807) is 6.92 Å². The molecule has 0 spiro atoms. The molecule has 0 saturated heterocycles. The van der Waals surface area contributed by atoms with Gasteiger partial charge >= 0.3 is 0 Å². The minimum atomic E-state index is -0.824. The van der Waals surface area contributed by atoms with Crippen LogP contribution in [0.3, 0.4) is 0 Å². The van der Waals surface area contributed by atoms with Gasteiger partial charge in [0.2, 0.25) is 10.6 Å². The van der Waals surface area contributed by atoms with E-state index in [2.05, 4.69) is 26.1 Å². The Kier molecular flexibility index (Phi) is 1.33. The van der Waals surface area contributed by atoms with Gasteiger partial charge in [0.25, 0.3) is 0 Å². The van der Waals surface area contributed by atoms with Gasteiger partial charge in [-0.2, -0.15) is 4.98 Å². The normalized spacial score (nSPS) is 35.7. The van der Waals surface area contributed by atoms with E-state index in [9.17, 15) is 4.39 Å². The fourth-order valence-corrected chi connectivity index (χ4v) is 1.21. The highest BCUT2D eigenvalue weighted by molar-refractivity contribution is 9.10. The standard InChI is InChI=1S/C6H6BrFN2O/c1-6(2-3(6)8)4-9-5(7)10-11-4/h3H,2H2,1H3. The monoisotopic (exact) mass is 220 g/mol. The van der Waals surface area contributed by atoms with Crippen molar-refractivity contribution in [3.05, 3.63) is 10.6 Å². The highest BCUT2D eigenvalue weighted by Gasteiger charge is 2.56. The first-order valence-corrected chi connectivity index (χ1v) is 4.06. The maximum absolute atomic E-state index is 12.7. The van der Waals surface area contributed by atoms with Crippen LogP contribution in [0.15, 0.2) is 9.26 Å². The van der Waals surface area contributed by atoms with Gasteiger partial charge in [-0.05, 0) is 34.4 Å². The van der Waals surface area contributed by atoms with Gasteiger partial charge in [0, 0.05) is 0 Å². The third-order valence-corrected chi connectivity index (χ3v) is 2.35. The Morgan fingerprint density at radius 1 is 1.82 bits per heavy atom. The van der Waals surface area contributed by atoms with Crippen LogP contribution >= 0.6 is 15.9 Å². The highest BCUT2D eigenvalue weighted by Crippen LogP contribution is 2.49. The zero-order valence-corrected chi connectivity index (χ0v) is 7.43. The van der Waals surface area contributed by atoms with Crippen molar-refractivity contribution in [2.75, 3.05) is 0 Å². The molecule has 0 radical (unpaired) electrons. The lowest BCUT2D eigenvalue weighted by atomic mass is 10.1. The smallest absolute Gasteiger partial charge is 0.238 e. The zero-order chi connectivity index (χ0) is 8.06. The topological polar surface area (TPSA) is 38.9 Å². The Morgan fingerprint density at radius 3 is 2.82 bits per heavy atom. The minimum absolute atomic E-state index is 0.382. The number of aromatic nitrogens is 2. The van der Waals surface area contributed by atoms with E-state index in [1.807, 2.05) is 0 Å². The molecule has 2 atom stereocenters. The second-order valence-electron chi connectivity index (χ2n) is 2.96. The van der Waals surface area contributed by atoms with Crippen molar-refractivity contribution in [1.82, 2.24) is 10.1 Å². The number of rotatable bonds is 1. The summed E-state index contributed by atoms with van der Waals surface area (Å²) in [6.07, 6.45) is -0.336. The Bertz CT molecular complexity index is 290. The molecule has 1 aromatic rings. The number of alkyl halides is 1. The summed E-state index contributed by atoms with van der Waals surface area (Å²) in [6, 6.07) is 0. The number of halogens is 2. The molecule has 2 rings (SSSR count). The molecular weight excluding hydrogens is 215 g/mol. The molecule has 0 aromatic carbocycles. The van der Waals surface area contributed by atoms with E-state index in [0.29, 0.717) is 17.0 Å². The van der Waals surface area contributed by atoms with Gasteiger partial charge in [0.05, 0.1) is 5.41 Å². The Morgan fingerprint density at radius 2 is 2.45 bits per heavy atom. The predicted octanol–water partition coefficient (Wildman–Crippen LogP) is 1.83. The van der Waals surface area contributed by atoms with Gasteiger partial charge < -0.3 is 4.52 Å². The molecule has 0 bridgehead atoms. The summed E-state index contributed by atoms with van der Waals surface area (Å²) in [6.45, 7) is 1.78. The summed E-state index contributed by atoms with van der Waals surface area (Å²) in [5.41, 5.74) is -0.515. The van der Waals surface area contributed by atoms with E-state index in [-0.39, 0.29) is 0 Å². The summed E-state index contributed by atoms with van der Waals surface area (Å²) in [5, 5.41) is 3.52. The van der Waals surface area contributed by atoms with Crippen LogP contribution in [0.2, 0.25) is 0 Å². The SMILES string of the molecule is CC1(c2nc(Br)no2)CC1F. The summed E-state index contributed by atoms with van der Waals surface area (Å²) < 4.78 is 17.9. The van der Waals surface area contributed by atoms with Gasteiger partial charge in [0.15, 0.2) is 0 Å². The average Bonchev–Trinajstić information content (AvgIpc) is 2.44. The molecule has 60 valence electrons. The quantitative estimate of drug-likeness (QED) is 0.726. The van der Waals surface area contributed by atoms with E-state index >= 15 is 0 Å². The maximum atomic E-state index is 12.7. The third kappa shape index (κ3) is 0.982. The summed E-state index contributed by atoms with van der Waals surface area (Å²) in [5.74, 6) is 0.386. The first-order valence-electron chi connectivity index (χ1n) is 3.27. The molecule has 0 aliphatic heterocycles. The van der Waals surface area contributed by atoms with E-state index in [4.69, 9.17) is 4.52 Å². The van der Waals surface area contributed by atoms with Gasteiger partial charge in [-0.1, -0.05) is 0 Å². The van der Waals surface area contributed by atoms with Crippen molar-refractivity contribution in [3.8, 4) is 0 Å². The van der Waals surface area contributed by atoms with Crippen LogP contribution < -0.4 is 0 Å². The van der Waals surface area contributed by atoms with Crippen molar-refractivity contribution in [1.29, 1.82) is 0 Å². The van der Waals surface area contributed by atoms with Crippen LogP contribution in [0.4, 0.5) is 4.39 Å². The second-order valence-corrected chi connectivity index (χ2v) is 3.67. The first-order chi connectivity index (χ1) is 5.13. The molecule has 5 heteroatoms. The Hall–Kier alpha value is -0.450. The van der Waals surface area contributed by atoms with Gasteiger partial charge in [-0.25, -0.2) is 4.39 Å². The van der Waals surface area contributed by atoms with Crippen LogP contribution in [0.5, 0.6) is 0 Å². The van der Waals surface area contributed by atoms with Gasteiger partial charge in [-0.3, -0.25) is 0 Å². The minimum Gasteiger partial charge on any atom is -0.338 e. The predicted molar refractivity (Wildman–Crippen MR) is 38.9 cm³/mol. The van der Waals surface area contributed by atoms with Crippen molar-refractivity contribution in [2.24, 2.45) is 0 Å². The van der Waals surface area contributed by atoms with Crippen molar-refractivity contribution >= 4 is 15.9 Å². The maximum Gasteiger partial charge on any atom is 0.238 e. The van der Waals surface area contributed by atoms with Crippen LogP contribution in [0.1, 0.15) is 19.2 Å². The molecule has 1 aromatic heterocycles. The molecule has 1 aliphatic rings. The molecule has 0 amide bonds. The molecule has 1 fully saturated rings. The Labute approximate surface area is 71.1 Å². The second kappa shape index (κ2) is 2.03. The molecule has 11 heavy (non-hydrogen) atoms. The number of hydrogen-bond acceptors (Lipinski definition) is 3. The van der Waals surface area contributed by atoms with E-state index in [0.717, 1.165) is 0 Å². The molecule has 3 nitrogen and oxygen atoms in total. The number of nitrogens with zero attached hydrogens (tertiary/aromatic N) is 2. The summed E-state index contributed by atoms with van der Waals surface area (Å²) in [7, 11) is 0. The molecular formula is C6H6BrFN2O. The van der Waals surface area contributed by atoms with Crippen LogP contribution in [0.25, 0.3) is 0 Å². The van der Waals surface area contributed by atoms with Crippen LogP contribution in [-0.4, -0.2) is 16.3 Å². The van der Waals surface area contributed by atoms with Crippen molar-refractivity contribution in [2.45, 2.75) is 24.9 Å². The van der Waals surface area contributed by atoms with Crippen LogP contribution in [0, 0.1) is 0 Å². The molecule has 0 N–H and O–H groups in total. The fraction of sp³-hybridized carbons (Fsp3) is 0.667. The van der Waals surface area contributed by atoms with Gasteiger partial charge in [0.1, 0.15) is 6.17 Å². The lowest BCUT2D eigenvalue weighted by Gasteiger charge is -1.97. The molecule has 1 aliphatic carbocycles. The largest absolute Gasteiger partial charge is 0.338 e. The van der Waals surface area contributed by atoms with E-state index in [1.165, 1.54) is 0 Å². The third-order valence-electron chi connectivity index (χ3n) is 2.02. The fourth-order valence-electron chi connectivity index (χ4n) is 0.972. The zero-order valence-electron chi connectivity index (χ0n) is 5.84. The average molecular weight is 221 g/mol. The van der Waals surface area contributed by atoms with Crippen molar-refractivity contribution in [3.63, 3.8) is 0 Å². The summed E-state index contributed by atoms with van der Waals surface area (Å²) in [4.78, 5) is 3.89. The first kappa shape index (κ1) is 7.21. The van der Waals surface area contributed by atoms with E-state index < -0.39 is 11.6 Å². The highest BCUT2D eigenvalue weighted by atomic mass is 79.9. The van der Waals surface area contributed by atoms with Crippen molar-refractivity contribution < 1.29 is 8.91 Å². The summed E-state index contributed by atoms with van der Waals surface area (Å²) >= 11 is 3.03. The van der Waals surface area contributed by atoms with Gasteiger partial charge in [-0.15, -0.1) is 0 Å².